The van der Waals surface area contributed by atoms with E-state index in [1.807, 2.05) is 25.6 Å². The molecule has 29 heavy (non-hydrogen) atoms. The van der Waals surface area contributed by atoms with E-state index in [-0.39, 0.29) is 24.0 Å². The van der Waals surface area contributed by atoms with Gasteiger partial charge in [0.05, 0.1) is 19.0 Å². The lowest BCUT2D eigenvalue weighted by atomic mass is 9.93. The Balaban J connectivity index is 0.00000240. The van der Waals surface area contributed by atoms with Crippen LogP contribution in [0.3, 0.4) is 0 Å². The first-order valence-electron chi connectivity index (χ1n) is 10.4. The molecule has 0 spiro atoms. The Morgan fingerprint density at radius 3 is 2.83 bits per heavy atom. The molecule has 1 N–H and O–H groups in total. The van der Waals surface area contributed by atoms with Crippen LogP contribution in [0.1, 0.15) is 37.8 Å². The first-order valence-corrected chi connectivity index (χ1v) is 10.4. The van der Waals surface area contributed by atoms with Crippen LogP contribution in [0, 0.1) is 11.8 Å². The van der Waals surface area contributed by atoms with Gasteiger partial charge in [-0.1, -0.05) is 25.1 Å². The highest BCUT2D eigenvalue weighted by atomic mass is 127. The summed E-state index contributed by atoms with van der Waals surface area (Å²) in [7, 11) is 1.86. The van der Waals surface area contributed by atoms with E-state index in [4.69, 9.17) is 4.74 Å². The fourth-order valence-electron chi connectivity index (χ4n) is 3.88. The summed E-state index contributed by atoms with van der Waals surface area (Å²) in [6.45, 7) is 5.84. The molecule has 1 aliphatic carbocycles. The third-order valence-electron chi connectivity index (χ3n) is 5.92. The molecule has 2 aliphatic rings. The number of aliphatic imine (C=N–C) groups is 1. The van der Waals surface area contributed by atoms with E-state index in [0.29, 0.717) is 12.0 Å². The molecule has 1 saturated carbocycles. The molecule has 2 atom stereocenters. The van der Waals surface area contributed by atoms with Crippen molar-refractivity contribution in [3.8, 4) is 5.75 Å². The number of aromatic nitrogens is 2. The lowest BCUT2D eigenvalue weighted by Gasteiger charge is -2.39. The highest BCUT2D eigenvalue weighted by Crippen LogP contribution is 2.30. The Hall–Kier alpha value is -1.77. The zero-order valence-electron chi connectivity index (χ0n) is 17.3. The van der Waals surface area contributed by atoms with Crippen LogP contribution in [0.15, 0.2) is 48.0 Å². The van der Waals surface area contributed by atoms with Gasteiger partial charge in [-0.15, -0.1) is 24.0 Å². The summed E-state index contributed by atoms with van der Waals surface area (Å²) < 4.78 is 8.28. The van der Waals surface area contributed by atoms with E-state index in [0.717, 1.165) is 50.3 Å². The molecule has 2 aromatic rings. The van der Waals surface area contributed by atoms with E-state index in [1.54, 1.807) is 0 Å². The summed E-state index contributed by atoms with van der Waals surface area (Å²) in [6.07, 6.45) is 9.60. The van der Waals surface area contributed by atoms with E-state index >= 15 is 0 Å². The standard InChI is InChI=1S/C22H31N5O.HI/c1-17-9-11-26(14-20(17)27-12-10-24-16-27)22(23-2)25-13-19-5-3-4-6-21(19)28-15-18-7-8-18;/h3-6,10,12,16-18,20H,7-9,11,13-15H2,1-2H3,(H,23,25);1H. The number of ether oxygens (including phenoxy) is 1. The van der Waals surface area contributed by atoms with Gasteiger partial charge in [-0.3, -0.25) is 4.99 Å². The van der Waals surface area contributed by atoms with Gasteiger partial charge in [-0.2, -0.15) is 0 Å². The summed E-state index contributed by atoms with van der Waals surface area (Å²) in [6, 6.07) is 8.74. The first kappa shape index (κ1) is 21.9. The third-order valence-corrected chi connectivity index (χ3v) is 5.92. The van der Waals surface area contributed by atoms with Crippen LogP contribution in [0.25, 0.3) is 0 Å². The molecular weight excluding hydrogens is 477 g/mol. The molecule has 4 rings (SSSR count). The van der Waals surface area contributed by atoms with Gasteiger partial charge in [-0.25, -0.2) is 4.98 Å². The summed E-state index contributed by atoms with van der Waals surface area (Å²) >= 11 is 0. The molecule has 0 bridgehead atoms. The van der Waals surface area contributed by atoms with Crippen molar-refractivity contribution in [2.45, 2.75) is 38.8 Å². The number of benzene rings is 1. The highest BCUT2D eigenvalue weighted by Gasteiger charge is 2.29. The number of para-hydroxylation sites is 1. The molecule has 1 aromatic heterocycles. The van der Waals surface area contributed by atoms with E-state index < -0.39 is 0 Å². The number of imidazole rings is 1. The minimum absolute atomic E-state index is 0. The largest absolute Gasteiger partial charge is 0.493 e. The van der Waals surface area contributed by atoms with Crippen molar-refractivity contribution >= 4 is 29.9 Å². The smallest absolute Gasteiger partial charge is 0.193 e. The third kappa shape index (κ3) is 5.65. The molecule has 2 unspecified atom stereocenters. The maximum atomic E-state index is 6.05. The molecule has 158 valence electrons. The Bertz CT molecular complexity index is 790. The van der Waals surface area contributed by atoms with Gasteiger partial charge < -0.3 is 19.5 Å². The maximum absolute atomic E-state index is 6.05. The van der Waals surface area contributed by atoms with E-state index in [9.17, 15) is 0 Å². The molecule has 0 radical (unpaired) electrons. The van der Waals surface area contributed by atoms with Crippen molar-refractivity contribution in [1.82, 2.24) is 19.8 Å². The second-order valence-corrected chi connectivity index (χ2v) is 8.05. The molecule has 7 heteroatoms. The summed E-state index contributed by atoms with van der Waals surface area (Å²) in [5.41, 5.74) is 1.18. The predicted molar refractivity (Wildman–Crippen MR) is 127 cm³/mol. The summed E-state index contributed by atoms with van der Waals surface area (Å²) in [4.78, 5) is 11.1. The molecule has 0 amide bonds. The zero-order valence-corrected chi connectivity index (χ0v) is 19.7. The highest BCUT2D eigenvalue weighted by molar-refractivity contribution is 14.0. The topological polar surface area (TPSA) is 54.7 Å². The van der Waals surface area contributed by atoms with Gasteiger partial charge in [0.1, 0.15) is 5.75 Å². The second kappa shape index (κ2) is 10.3. The second-order valence-electron chi connectivity index (χ2n) is 8.05. The SMILES string of the molecule is CN=C(NCc1ccccc1OCC1CC1)N1CCC(C)C(n2ccnc2)C1.I. The Morgan fingerprint density at radius 2 is 2.10 bits per heavy atom. The summed E-state index contributed by atoms with van der Waals surface area (Å²) in [5, 5.41) is 3.55. The lowest BCUT2D eigenvalue weighted by Crippen LogP contribution is -2.48. The number of nitrogens with zero attached hydrogens (tertiary/aromatic N) is 4. The normalized spacial score (nSPS) is 22.1. The molecule has 6 nitrogen and oxygen atoms in total. The van der Waals surface area contributed by atoms with Crippen molar-refractivity contribution in [1.29, 1.82) is 0 Å². The monoisotopic (exact) mass is 509 g/mol. The fourth-order valence-corrected chi connectivity index (χ4v) is 3.88. The number of nitrogens with one attached hydrogen (secondary N) is 1. The van der Waals surface area contributed by atoms with Crippen LogP contribution in [0.4, 0.5) is 0 Å². The Kier molecular flexibility index (Phi) is 7.80. The van der Waals surface area contributed by atoms with Crippen molar-refractivity contribution in [3.63, 3.8) is 0 Å². The fraction of sp³-hybridized carbons (Fsp3) is 0.545. The van der Waals surface area contributed by atoms with Crippen LogP contribution >= 0.6 is 24.0 Å². The number of halogens is 1. The molecule has 1 aromatic carbocycles. The van der Waals surface area contributed by atoms with Gasteiger partial charge in [-0.05, 0) is 37.2 Å². The summed E-state index contributed by atoms with van der Waals surface area (Å²) in [5.74, 6) is 3.32. The average molecular weight is 509 g/mol. The minimum Gasteiger partial charge on any atom is -0.493 e. The van der Waals surface area contributed by atoms with Gasteiger partial charge in [0, 0.05) is 44.6 Å². The van der Waals surface area contributed by atoms with Gasteiger partial charge in [0.15, 0.2) is 5.96 Å². The number of hydrogen-bond acceptors (Lipinski definition) is 3. The quantitative estimate of drug-likeness (QED) is 0.364. The van der Waals surface area contributed by atoms with E-state index in [2.05, 4.69) is 56.1 Å². The first-order chi connectivity index (χ1) is 13.7. The Labute approximate surface area is 190 Å². The average Bonchev–Trinajstić information content (AvgIpc) is 3.40. The number of rotatable bonds is 6. The van der Waals surface area contributed by atoms with Crippen molar-refractivity contribution < 1.29 is 4.74 Å². The molecule has 2 heterocycles. The van der Waals surface area contributed by atoms with Crippen LogP contribution in [-0.4, -0.2) is 47.2 Å². The van der Waals surface area contributed by atoms with Crippen molar-refractivity contribution in [2.24, 2.45) is 16.8 Å². The van der Waals surface area contributed by atoms with Crippen LogP contribution in [0.5, 0.6) is 5.75 Å². The molecule has 1 saturated heterocycles. The zero-order chi connectivity index (χ0) is 19.3. The van der Waals surface area contributed by atoms with Gasteiger partial charge >= 0.3 is 0 Å². The van der Waals surface area contributed by atoms with Crippen molar-refractivity contribution in [3.05, 3.63) is 48.5 Å². The van der Waals surface area contributed by atoms with Crippen LogP contribution < -0.4 is 10.1 Å². The molecule has 1 aliphatic heterocycles. The van der Waals surface area contributed by atoms with Gasteiger partial charge in [0.25, 0.3) is 0 Å². The van der Waals surface area contributed by atoms with Crippen molar-refractivity contribution in [2.75, 3.05) is 26.7 Å². The van der Waals surface area contributed by atoms with E-state index in [1.165, 1.54) is 18.4 Å². The molecular formula is C22H32IN5O. The van der Waals surface area contributed by atoms with Crippen LogP contribution in [0.2, 0.25) is 0 Å². The number of piperidine rings is 1. The van der Waals surface area contributed by atoms with Crippen LogP contribution in [-0.2, 0) is 6.54 Å². The molecule has 2 fully saturated rings. The minimum atomic E-state index is 0. The lowest BCUT2D eigenvalue weighted by molar-refractivity contribution is 0.189. The number of hydrogen-bond donors (Lipinski definition) is 1. The predicted octanol–water partition coefficient (Wildman–Crippen LogP) is 3.95. The number of guanidine groups is 1. The maximum Gasteiger partial charge on any atom is 0.193 e. The van der Waals surface area contributed by atoms with Gasteiger partial charge in [0.2, 0.25) is 0 Å². The Morgan fingerprint density at radius 1 is 1.28 bits per heavy atom. The number of likely N-dealkylation sites (tertiary alicyclic amines) is 1.